The maximum Gasteiger partial charge on any atom is 0.263 e. The average molecular weight is 400 g/mol. The molecule has 0 saturated carbocycles. The fraction of sp³-hybridized carbons (Fsp3) is 0. The average Bonchev–Trinajstić information content (AvgIpc) is 3.34. The van der Waals surface area contributed by atoms with Gasteiger partial charge in [0.1, 0.15) is 0 Å². The van der Waals surface area contributed by atoms with E-state index in [-0.39, 0.29) is 10.0 Å². The summed E-state index contributed by atoms with van der Waals surface area (Å²) in [6.45, 7) is 0. The van der Waals surface area contributed by atoms with Crippen LogP contribution in [0.2, 0.25) is 0 Å². The van der Waals surface area contributed by atoms with Gasteiger partial charge in [0.05, 0.1) is 4.90 Å². The van der Waals surface area contributed by atoms with Crippen molar-refractivity contribution in [3.8, 4) is 22.5 Å². The highest BCUT2D eigenvalue weighted by Gasteiger charge is 2.17. The Balaban J connectivity index is 1.55. The van der Waals surface area contributed by atoms with E-state index in [9.17, 15) is 8.42 Å². The number of anilines is 1. The number of nitrogens with one attached hydrogen (secondary N) is 1. The van der Waals surface area contributed by atoms with Crippen LogP contribution in [-0.4, -0.2) is 17.8 Å². The highest BCUT2D eigenvalue weighted by atomic mass is 32.2. The Bertz CT molecular complexity index is 1100. The normalized spacial score (nSPS) is 11.4. The number of nitrogens with zero attached hydrogens (tertiary/aromatic N) is 2. The van der Waals surface area contributed by atoms with Crippen molar-refractivity contribution in [3.63, 3.8) is 0 Å². The van der Waals surface area contributed by atoms with Crippen molar-refractivity contribution >= 4 is 38.0 Å². The summed E-state index contributed by atoms with van der Waals surface area (Å²) in [5.74, 6) is 0.522. The molecule has 4 aromatic rings. The van der Waals surface area contributed by atoms with Gasteiger partial charge in [-0.25, -0.2) is 8.42 Å². The van der Waals surface area contributed by atoms with Gasteiger partial charge < -0.3 is 0 Å². The molecule has 1 N–H and O–H groups in total. The van der Waals surface area contributed by atoms with Crippen LogP contribution in [0.15, 0.2) is 76.3 Å². The van der Waals surface area contributed by atoms with E-state index in [4.69, 9.17) is 0 Å². The molecular formula is C18H13N3O2S3. The van der Waals surface area contributed by atoms with Crippen molar-refractivity contribution in [1.29, 1.82) is 0 Å². The number of hydrogen-bond acceptors (Lipinski definition) is 6. The summed E-state index contributed by atoms with van der Waals surface area (Å²) in [7, 11) is -3.71. The van der Waals surface area contributed by atoms with Gasteiger partial charge in [-0.1, -0.05) is 42.5 Å². The second-order valence-corrected chi connectivity index (χ2v) is 8.65. The van der Waals surface area contributed by atoms with Gasteiger partial charge >= 0.3 is 0 Å². The van der Waals surface area contributed by atoms with Crippen LogP contribution in [-0.2, 0) is 10.0 Å². The molecule has 2 heterocycles. The number of benzene rings is 2. The maximum atomic E-state index is 12.6. The summed E-state index contributed by atoms with van der Waals surface area (Å²) in [6.07, 6.45) is 0. The second-order valence-electron chi connectivity index (χ2n) is 5.43. The second kappa shape index (κ2) is 6.99. The molecule has 4 rings (SSSR count). The topological polar surface area (TPSA) is 72.0 Å². The highest BCUT2D eigenvalue weighted by molar-refractivity contribution is 7.93. The number of sulfonamides is 1. The predicted molar refractivity (Wildman–Crippen MR) is 106 cm³/mol. The number of aromatic nitrogens is 2. The first-order valence-electron chi connectivity index (χ1n) is 7.66. The molecule has 0 unspecified atom stereocenters. The van der Waals surface area contributed by atoms with Gasteiger partial charge in [0.2, 0.25) is 5.13 Å². The molecule has 0 aliphatic carbocycles. The number of rotatable bonds is 5. The molecule has 0 bridgehead atoms. The first-order valence-corrected chi connectivity index (χ1v) is 10.9. The fourth-order valence-electron chi connectivity index (χ4n) is 2.40. The van der Waals surface area contributed by atoms with Crippen molar-refractivity contribution in [2.45, 2.75) is 4.90 Å². The van der Waals surface area contributed by atoms with E-state index in [1.165, 1.54) is 11.3 Å². The van der Waals surface area contributed by atoms with Gasteiger partial charge in [0.25, 0.3) is 10.0 Å². The molecular weight excluding hydrogens is 386 g/mol. The number of thiophene rings is 1. The third-order valence-electron chi connectivity index (χ3n) is 3.70. The smallest absolute Gasteiger partial charge is 0.253 e. The van der Waals surface area contributed by atoms with Crippen molar-refractivity contribution in [1.82, 2.24) is 9.36 Å². The standard InChI is InChI=1S/C18H13N3O2S3/c22-26(23,21-18-19-17(20-25-18)15-10-11-24-12-15)16-8-6-14(7-9-16)13-4-2-1-3-5-13/h1-12H,(H,19,20,21). The van der Waals surface area contributed by atoms with E-state index < -0.39 is 10.0 Å². The minimum absolute atomic E-state index is 0.185. The van der Waals surface area contributed by atoms with E-state index in [1.807, 2.05) is 47.2 Å². The zero-order valence-corrected chi connectivity index (χ0v) is 15.8. The molecule has 0 spiro atoms. The summed E-state index contributed by atoms with van der Waals surface area (Å²) >= 11 is 2.56. The molecule has 0 aliphatic heterocycles. The molecule has 0 amide bonds. The highest BCUT2D eigenvalue weighted by Crippen LogP contribution is 2.26. The summed E-state index contributed by atoms with van der Waals surface area (Å²) in [4.78, 5) is 4.44. The van der Waals surface area contributed by atoms with Crippen LogP contribution in [0.3, 0.4) is 0 Å². The summed E-state index contributed by atoms with van der Waals surface area (Å²) in [5, 5.41) is 4.09. The Morgan fingerprint density at radius 2 is 1.58 bits per heavy atom. The minimum atomic E-state index is -3.71. The monoisotopic (exact) mass is 399 g/mol. The van der Waals surface area contributed by atoms with E-state index in [0.717, 1.165) is 28.2 Å². The maximum absolute atomic E-state index is 12.6. The molecule has 0 aliphatic rings. The van der Waals surface area contributed by atoms with E-state index in [2.05, 4.69) is 14.1 Å². The van der Waals surface area contributed by atoms with Crippen molar-refractivity contribution < 1.29 is 8.42 Å². The van der Waals surface area contributed by atoms with Gasteiger partial charge in [0, 0.05) is 22.5 Å². The first-order chi connectivity index (χ1) is 12.6. The molecule has 5 nitrogen and oxygen atoms in total. The van der Waals surface area contributed by atoms with Crippen LogP contribution in [0.1, 0.15) is 0 Å². The third-order valence-corrected chi connectivity index (χ3v) is 6.50. The Kier molecular flexibility index (Phi) is 4.54. The molecule has 26 heavy (non-hydrogen) atoms. The largest absolute Gasteiger partial charge is 0.263 e. The van der Waals surface area contributed by atoms with E-state index >= 15 is 0 Å². The van der Waals surface area contributed by atoms with Crippen LogP contribution >= 0.6 is 22.9 Å². The zero-order valence-electron chi connectivity index (χ0n) is 13.4. The quantitative estimate of drug-likeness (QED) is 0.526. The van der Waals surface area contributed by atoms with Crippen LogP contribution in [0, 0.1) is 0 Å². The summed E-state index contributed by atoms with van der Waals surface area (Å²) < 4.78 is 31.8. The Labute approximate surface area is 159 Å². The molecule has 0 fully saturated rings. The van der Waals surface area contributed by atoms with Crippen LogP contribution in [0.4, 0.5) is 5.13 Å². The van der Waals surface area contributed by atoms with E-state index in [0.29, 0.717) is 5.82 Å². The van der Waals surface area contributed by atoms with Gasteiger partial charge in [-0.15, -0.1) is 0 Å². The minimum Gasteiger partial charge on any atom is -0.253 e. The summed E-state index contributed by atoms with van der Waals surface area (Å²) in [6, 6.07) is 18.5. The third kappa shape index (κ3) is 3.52. The van der Waals surface area contributed by atoms with Gasteiger partial charge in [-0.05, 0) is 34.7 Å². The molecule has 2 aromatic heterocycles. The van der Waals surface area contributed by atoms with Crippen molar-refractivity contribution in [2.75, 3.05) is 4.72 Å². The molecule has 2 aromatic carbocycles. The van der Waals surface area contributed by atoms with Crippen molar-refractivity contribution in [2.24, 2.45) is 0 Å². The number of hydrogen-bond donors (Lipinski definition) is 1. The van der Waals surface area contributed by atoms with Gasteiger partial charge in [-0.3, -0.25) is 4.72 Å². The van der Waals surface area contributed by atoms with Crippen LogP contribution < -0.4 is 4.72 Å². The lowest BCUT2D eigenvalue weighted by molar-refractivity contribution is 0.601. The van der Waals surface area contributed by atoms with E-state index in [1.54, 1.807) is 24.3 Å². The molecule has 0 saturated heterocycles. The molecule has 0 atom stereocenters. The zero-order chi connectivity index (χ0) is 18.0. The van der Waals surface area contributed by atoms with Crippen molar-refractivity contribution in [3.05, 3.63) is 71.4 Å². The molecule has 8 heteroatoms. The predicted octanol–water partition coefficient (Wildman–Crippen LogP) is 4.73. The lowest BCUT2D eigenvalue weighted by Gasteiger charge is -2.06. The Morgan fingerprint density at radius 3 is 2.27 bits per heavy atom. The molecule has 0 radical (unpaired) electrons. The molecule has 130 valence electrons. The fourth-order valence-corrected chi connectivity index (χ4v) is 4.85. The van der Waals surface area contributed by atoms with Crippen LogP contribution in [0.5, 0.6) is 0 Å². The lowest BCUT2D eigenvalue weighted by Crippen LogP contribution is -2.12. The van der Waals surface area contributed by atoms with Gasteiger partial charge in [-0.2, -0.15) is 20.7 Å². The van der Waals surface area contributed by atoms with Crippen LogP contribution in [0.25, 0.3) is 22.5 Å². The lowest BCUT2D eigenvalue weighted by atomic mass is 10.1. The summed E-state index contributed by atoms with van der Waals surface area (Å²) in [5.41, 5.74) is 2.87. The Hall–Kier alpha value is -2.55. The van der Waals surface area contributed by atoms with Gasteiger partial charge in [0.15, 0.2) is 5.82 Å². The first kappa shape index (κ1) is 16.9. The Morgan fingerprint density at radius 1 is 0.846 bits per heavy atom. The SMILES string of the molecule is O=S(=O)(Nc1nc(-c2ccsc2)ns1)c1ccc(-c2ccccc2)cc1.